The lowest BCUT2D eigenvalue weighted by Crippen LogP contribution is -2.28. The third-order valence-electron chi connectivity index (χ3n) is 2.54. The van der Waals surface area contributed by atoms with Crippen LogP contribution < -0.4 is 11.3 Å². The lowest BCUT2D eigenvalue weighted by Gasteiger charge is -2.17. The summed E-state index contributed by atoms with van der Waals surface area (Å²) in [5.41, 5.74) is 5.25. The van der Waals surface area contributed by atoms with Crippen LogP contribution >= 0.6 is 43.2 Å². The molecule has 0 aliphatic rings. The van der Waals surface area contributed by atoms with Gasteiger partial charge in [0.15, 0.2) is 0 Å². The highest BCUT2D eigenvalue weighted by Gasteiger charge is 2.19. The average Bonchev–Trinajstić information content (AvgIpc) is 2.71. The van der Waals surface area contributed by atoms with E-state index >= 15 is 0 Å². The van der Waals surface area contributed by atoms with Crippen molar-refractivity contribution in [3.63, 3.8) is 0 Å². The Morgan fingerprint density at radius 3 is 2.59 bits per heavy atom. The van der Waals surface area contributed by atoms with Gasteiger partial charge in [0.25, 0.3) is 0 Å². The summed E-state index contributed by atoms with van der Waals surface area (Å²) in [6, 6.07) is 8.30. The molecular weight excluding hydrogens is 364 g/mol. The number of nitrogens with two attached hydrogens (primary N) is 1. The smallest absolute Gasteiger partial charge is 0.0824 e. The molecule has 0 radical (unpaired) electrons. The first-order valence-corrected chi connectivity index (χ1v) is 7.55. The number of benzene rings is 1. The molecule has 1 aromatic carbocycles. The number of hydrazine groups is 1. The SMILES string of the molecule is Cc1ccc(Br)c(C(NN)c2sccc2Br)c1. The summed E-state index contributed by atoms with van der Waals surface area (Å²) in [4.78, 5) is 1.18. The third kappa shape index (κ3) is 2.80. The highest BCUT2D eigenvalue weighted by atomic mass is 79.9. The second kappa shape index (κ2) is 5.63. The summed E-state index contributed by atoms with van der Waals surface area (Å²) >= 11 is 8.80. The van der Waals surface area contributed by atoms with Gasteiger partial charge in [-0.25, -0.2) is 5.43 Å². The van der Waals surface area contributed by atoms with Crippen LogP contribution in [0.15, 0.2) is 38.6 Å². The van der Waals surface area contributed by atoms with E-state index in [0.717, 1.165) is 14.5 Å². The first kappa shape index (κ1) is 13.2. The topological polar surface area (TPSA) is 38.0 Å². The van der Waals surface area contributed by atoms with Gasteiger partial charge in [0.1, 0.15) is 0 Å². The third-order valence-corrected chi connectivity index (χ3v) is 5.19. The zero-order valence-corrected chi connectivity index (χ0v) is 13.2. The molecule has 0 amide bonds. The van der Waals surface area contributed by atoms with E-state index in [1.54, 1.807) is 11.3 Å². The zero-order chi connectivity index (χ0) is 12.4. The summed E-state index contributed by atoms with van der Waals surface area (Å²) in [6.45, 7) is 2.08. The van der Waals surface area contributed by atoms with Crippen LogP contribution in [-0.2, 0) is 0 Å². The highest BCUT2D eigenvalue weighted by Crippen LogP contribution is 2.35. The van der Waals surface area contributed by atoms with Gasteiger partial charge < -0.3 is 0 Å². The number of aryl methyl sites for hydroxylation is 1. The number of rotatable bonds is 3. The molecule has 1 unspecified atom stereocenters. The molecule has 0 saturated heterocycles. The van der Waals surface area contributed by atoms with Gasteiger partial charge in [0, 0.05) is 13.8 Å². The van der Waals surface area contributed by atoms with Crippen molar-refractivity contribution in [2.24, 2.45) is 5.84 Å². The summed E-state index contributed by atoms with van der Waals surface area (Å²) in [6.07, 6.45) is 0. The van der Waals surface area contributed by atoms with Gasteiger partial charge in [0.05, 0.1) is 6.04 Å². The molecule has 5 heteroatoms. The molecule has 1 aromatic heterocycles. The molecule has 0 fully saturated rings. The minimum Gasteiger partial charge on any atom is -0.271 e. The van der Waals surface area contributed by atoms with Crippen molar-refractivity contribution in [1.29, 1.82) is 0 Å². The van der Waals surface area contributed by atoms with Crippen molar-refractivity contribution in [1.82, 2.24) is 5.43 Å². The average molecular weight is 376 g/mol. The van der Waals surface area contributed by atoms with E-state index in [2.05, 4.69) is 62.4 Å². The zero-order valence-electron chi connectivity index (χ0n) is 9.21. The van der Waals surface area contributed by atoms with E-state index in [0.29, 0.717) is 0 Å². The fourth-order valence-electron chi connectivity index (χ4n) is 1.70. The Balaban J connectivity index is 2.49. The van der Waals surface area contributed by atoms with Gasteiger partial charge in [-0.2, -0.15) is 0 Å². The summed E-state index contributed by atoms with van der Waals surface area (Å²) in [7, 11) is 0. The highest BCUT2D eigenvalue weighted by molar-refractivity contribution is 9.10. The minimum absolute atomic E-state index is 0.00125. The summed E-state index contributed by atoms with van der Waals surface area (Å²) < 4.78 is 2.14. The molecule has 0 aliphatic heterocycles. The molecule has 90 valence electrons. The van der Waals surface area contributed by atoms with Crippen molar-refractivity contribution >= 4 is 43.2 Å². The van der Waals surface area contributed by atoms with Crippen LogP contribution in [0.25, 0.3) is 0 Å². The van der Waals surface area contributed by atoms with E-state index in [1.807, 2.05) is 11.4 Å². The van der Waals surface area contributed by atoms with Crippen LogP contribution in [0.2, 0.25) is 0 Å². The molecule has 0 saturated carbocycles. The lowest BCUT2D eigenvalue weighted by atomic mass is 10.0. The molecule has 0 bridgehead atoms. The minimum atomic E-state index is -0.00125. The largest absolute Gasteiger partial charge is 0.271 e. The molecule has 2 aromatic rings. The molecule has 0 aliphatic carbocycles. The molecule has 1 heterocycles. The second-order valence-electron chi connectivity index (χ2n) is 3.76. The number of halogens is 2. The molecule has 1 atom stereocenters. The Kier molecular flexibility index (Phi) is 4.38. The Hall–Kier alpha value is -0.200. The van der Waals surface area contributed by atoms with Crippen molar-refractivity contribution in [2.45, 2.75) is 13.0 Å². The molecule has 17 heavy (non-hydrogen) atoms. The molecule has 3 N–H and O–H groups in total. The van der Waals surface area contributed by atoms with Crippen LogP contribution in [-0.4, -0.2) is 0 Å². The number of nitrogens with one attached hydrogen (secondary N) is 1. The van der Waals surface area contributed by atoms with Gasteiger partial charge in [-0.05, 0) is 45.9 Å². The van der Waals surface area contributed by atoms with E-state index in [-0.39, 0.29) is 6.04 Å². The Labute approximate surface area is 121 Å². The molecule has 2 rings (SSSR count). The van der Waals surface area contributed by atoms with Crippen LogP contribution in [0.5, 0.6) is 0 Å². The van der Waals surface area contributed by atoms with E-state index in [4.69, 9.17) is 5.84 Å². The maximum absolute atomic E-state index is 5.70. The van der Waals surface area contributed by atoms with Crippen LogP contribution in [0, 0.1) is 6.92 Å². The fourth-order valence-corrected chi connectivity index (χ4v) is 3.86. The first-order valence-electron chi connectivity index (χ1n) is 5.08. The maximum atomic E-state index is 5.70. The first-order chi connectivity index (χ1) is 8.13. The molecular formula is C12H12Br2N2S. The van der Waals surface area contributed by atoms with E-state index in [1.165, 1.54) is 10.4 Å². The number of hydrogen-bond donors (Lipinski definition) is 2. The quantitative estimate of drug-likeness (QED) is 0.625. The lowest BCUT2D eigenvalue weighted by molar-refractivity contribution is 0.642. The van der Waals surface area contributed by atoms with Gasteiger partial charge in [-0.1, -0.05) is 33.6 Å². The fraction of sp³-hybridized carbons (Fsp3) is 0.167. The van der Waals surface area contributed by atoms with Gasteiger partial charge in [-0.15, -0.1) is 11.3 Å². The van der Waals surface area contributed by atoms with Crippen LogP contribution in [0.1, 0.15) is 22.0 Å². The van der Waals surface area contributed by atoms with E-state index in [9.17, 15) is 0 Å². The molecule has 2 nitrogen and oxygen atoms in total. The van der Waals surface area contributed by atoms with Gasteiger partial charge in [-0.3, -0.25) is 5.84 Å². The van der Waals surface area contributed by atoms with Crippen LogP contribution in [0.3, 0.4) is 0 Å². The maximum Gasteiger partial charge on any atom is 0.0824 e. The Morgan fingerprint density at radius 2 is 2.00 bits per heavy atom. The van der Waals surface area contributed by atoms with Crippen molar-refractivity contribution in [3.8, 4) is 0 Å². The van der Waals surface area contributed by atoms with Crippen LogP contribution in [0.4, 0.5) is 0 Å². The monoisotopic (exact) mass is 374 g/mol. The Morgan fingerprint density at radius 1 is 1.24 bits per heavy atom. The summed E-state index contributed by atoms with van der Waals surface area (Å²) in [5.74, 6) is 5.70. The number of thiophene rings is 1. The Bertz CT molecular complexity index is 525. The van der Waals surface area contributed by atoms with Crippen molar-refractivity contribution < 1.29 is 0 Å². The summed E-state index contributed by atoms with van der Waals surface area (Å²) in [5, 5.41) is 2.05. The van der Waals surface area contributed by atoms with Crippen molar-refractivity contribution in [2.75, 3.05) is 0 Å². The predicted molar refractivity (Wildman–Crippen MR) is 80.1 cm³/mol. The van der Waals surface area contributed by atoms with E-state index < -0.39 is 0 Å². The molecule has 0 spiro atoms. The van der Waals surface area contributed by atoms with Crippen molar-refractivity contribution in [3.05, 3.63) is 54.6 Å². The standard InChI is InChI=1S/C12H12Br2N2S/c1-7-2-3-9(13)8(6-7)11(16-15)12-10(14)4-5-17-12/h2-6,11,16H,15H2,1H3. The van der Waals surface area contributed by atoms with Gasteiger partial charge in [0.2, 0.25) is 0 Å². The normalized spacial score (nSPS) is 12.7. The second-order valence-corrected chi connectivity index (χ2v) is 6.41. The predicted octanol–water partition coefficient (Wildman–Crippen LogP) is 4.13. The number of hydrogen-bond acceptors (Lipinski definition) is 3. The van der Waals surface area contributed by atoms with Gasteiger partial charge >= 0.3 is 0 Å².